The number of nitrogens with one attached hydrogen (secondary N) is 2. The van der Waals surface area contributed by atoms with E-state index in [4.69, 9.17) is 11.6 Å². The summed E-state index contributed by atoms with van der Waals surface area (Å²) in [6, 6.07) is 12.8. The summed E-state index contributed by atoms with van der Waals surface area (Å²) >= 11 is 7.51. The first-order valence-corrected chi connectivity index (χ1v) is 9.15. The maximum absolute atomic E-state index is 12.2. The van der Waals surface area contributed by atoms with E-state index in [1.165, 1.54) is 0 Å². The number of aryl methyl sites for hydroxylation is 2. The number of halogens is 1. The van der Waals surface area contributed by atoms with E-state index in [1.54, 1.807) is 35.6 Å². The predicted molar refractivity (Wildman–Crippen MR) is 103 cm³/mol. The van der Waals surface area contributed by atoms with Crippen LogP contribution in [0.15, 0.2) is 47.8 Å². The van der Waals surface area contributed by atoms with Crippen LogP contribution in [0.1, 0.15) is 22.3 Å². The summed E-state index contributed by atoms with van der Waals surface area (Å²) in [6.07, 6.45) is 0. The van der Waals surface area contributed by atoms with Gasteiger partial charge in [0, 0.05) is 27.8 Å². The van der Waals surface area contributed by atoms with Gasteiger partial charge in [0.25, 0.3) is 0 Å². The fourth-order valence-electron chi connectivity index (χ4n) is 2.65. The lowest BCUT2D eigenvalue weighted by Crippen LogP contribution is -2.34. The molecule has 25 heavy (non-hydrogen) atoms. The molecular weight excluding hydrogens is 356 g/mol. The first kappa shape index (κ1) is 17.5. The van der Waals surface area contributed by atoms with Gasteiger partial charge in [0.2, 0.25) is 0 Å². The van der Waals surface area contributed by atoms with E-state index in [-0.39, 0.29) is 12.1 Å². The highest BCUT2D eigenvalue weighted by molar-refractivity contribution is 7.10. The number of nitrogens with zero attached hydrogens (tertiary/aromatic N) is 2. The van der Waals surface area contributed by atoms with Crippen molar-refractivity contribution in [1.82, 2.24) is 15.1 Å². The number of rotatable bonds is 5. The topological polar surface area (TPSA) is 59.0 Å². The van der Waals surface area contributed by atoms with E-state index in [1.807, 2.05) is 36.0 Å². The summed E-state index contributed by atoms with van der Waals surface area (Å²) in [6.45, 7) is 4.44. The van der Waals surface area contributed by atoms with Crippen molar-refractivity contribution in [3.63, 3.8) is 0 Å². The Hall–Kier alpha value is -2.31. The lowest BCUT2D eigenvalue weighted by molar-refractivity contribution is 0.250. The number of carbonyl (C=O) groups excluding carboxylic acids is 1. The Balaban J connectivity index is 1.69. The third kappa shape index (κ3) is 4.41. The molecular formula is C18H19ClN4OS. The number of carbonyl (C=O) groups is 1. The summed E-state index contributed by atoms with van der Waals surface area (Å²) in [5.74, 6) is 0. The lowest BCUT2D eigenvalue weighted by atomic mass is 10.2. The zero-order valence-electron chi connectivity index (χ0n) is 14.0. The van der Waals surface area contributed by atoms with E-state index in [9.17, 15) is 4.79 Å². The van der Waals surface area contributed by atoms with Crippen LogP contribution in [0.4, 0.5) is 10.5 Å². The van der Waals surface area contributed by atoms with Crippen LogP contribution in [0.3, 0.4) is 0 Å². The molecule has 0 spiro atoms. The minimum atomic E-state index is -0.259. The first-order valence-electron chi connectivity index (χ1n) is 7.89. The van der Waals surface area contributed by atoms with Gasteiger partial charge in [-0.3, -0.25) is 4.68 Å². The molecule has 3 rings (SSSR count). The number of hydrogen-bond donors (Lipinski definition) is 2. The van der Waals surface area contributed by atoms with Gasteiger partial charge >= 0.3 is 6.03 Å². The van der Waals surface area contributed by atoms with Crippen molar-refractivity contribution >= 4 is 34.7 Å². The van der Waals surface area contributed by atoms with E-state index in [0.717, 1.165) is 16.3 Å². The van der Waals surface area contributed by atoms with Gasteiger partial charge in [-0.1, -0.05) is 17.7 Å². The second-order valence-electron chi connectivity index (χ2n) is 5.74. The third-order valence-electron chi connectivity index (χ3n) is 3.77. The molecule has 0 saturated heterocycles. The van der Waals surface area contributed by atoms with Gasteiger partial charge < -0.3 is 10.6 Å². The molecule has 5 nitrogen and oxygen atoms in total. The Labute approximate surface area is 155 Å². The number of anilines is 1. The minimum absolute atomic E-state index is 0.0373. The fraction of sp³-hybridized carbons (Fsp3) is 0.222. The van der Waals surface area contributed by atoms with Crippen LogP contribution >= 0.6 is 22.9 Å². The summed E-state index contributed by atoms with van der Waals surface area (Å²) in [5, 5.41) is 13.0. The standard InChI is InChI=1S/C18H19ClN4OS/c1-12-10-13(2)23(22-12)16(17-4-3-9-25-17)11-20-18(24)21-15-7-5-14(19)6-8-15/h3-10,16H,11H2,1-2H3,(H2,20,21,24). The second kappa shape index (κ2) is 7.72. The van der Waals surface area contributed by atoms with Crippen LogP contribution in [0.2, 0.25) is 5.02 Å². The Morgan fingerprint density at radius 3 is 2.64 bits per heavy atom. The van der Waals surface area contributed by atoms with Crippen molar-refractivity contribution in [2.45, 2.75) is 19.9 Å². The van der Waals surface area contributed by atoms with Gasteiger partial charge in [0.15, 0.2) is 0 Å². The number of urea groups is 1. The molecule has 0 saturated carbocycles. The summed E-state index contributed by atoms with van der Waals surface area (Å²) in [4.78, 5) is 13.4. The van der Waals surface area contributed by atoms with E-state index < -0.39 is 0 Å². The third-order valence-corrected chi connectivity index (χ3v) is 5.00. The molecule has 1 aromatic carbocycles. The molecule has 2 aromatic heterocycles. The van der Waals surface area contributed by atoms with Gasteiger partial charge in [-0.15, -0.1) is 11.3 Å². The average Bonchev–Trinajstić information content (AvgIpc) is 3.20. The number of aromatic nitrogens is 2. The molecule has 1 unspecified atom stereocenters. The van der Waals surface area contributed by atoms with E-state index >= 15 is 0 Å². The normalized spacial score (nSPS) is 12.0. The molecule has 0 radical (unpaired) electrons. The molecule has 7 heteroatoms. The zero-order valence-corrected chi connectivity index (χ0v) is 15.6. The van der Waals surface area contributed by atoms with Gasteiger partial charge in [0.05, 0.1) is 5.69 Å². The Bertz CT molecular complexity index is 843. The highest BCUT2D eigenvalue weighted by atomic mass is 35.5. The van der Waals surface area contributed by atoms with Crippen LogP contribution in [-0.2, 0) is 0 Å². The highest BCUT2D eigenvalue weighted by Gasteiger charge is 2.19. The SMILES string of the molecule is Cc1cc(C)n(C(CNC(=O)Nc2ccc(Cl)cc2)c2cccs2)n1. The number of amides is 2. The van der Waals surface area contributed by atoms with Gasteiger partial charge in [-0.05, 0) is 55.6 Å². The molecule has 2 amide bonds. The van der Waals surface area contributed by atoms with Gasteiger partial charge in [-0.25, -0.2) is 4.79 Å². The smallest absolute Gasteiger partial charge is 0.319 e. The van der Waals surface area contributed by atoms with Crippen LogP contribution in [0.5, 0.6) is 0 Å². The maximum Gasteiger partial charge on any atom is 0.319 e. The highest BCUT2D eigenvalue weighted by Crippen LogP contribution is 2.24. The van der Waals surface area contributed by atoms with E-state index in [2.05, 4.69) is 21.8 Å². The van der Waals surface area contributed by atoms with Crippen molar-refractivity contribution in [2.75, 3.05) is 11.9 Å². The number of benzene rings is 1. The number of hydrogen-bond acceptors (Lipinski definition) is 3. The maximum atomic E-state index is 12.2. The molecule has 0 aliphatic carbocycles. The van der Waals surface area contributed by atoms with Crippen molar-refractivity contribution in [1.29, 1.82) is 0 Å². The van der Waals surface area contributed by atoms with Gasteiger partial charge in [0.1, 0.15) is 6.04 Å². The molecule has 3 aromatic rings. The van der Waals surface area contributed by atoms with Crippen LogP contribution in [-0.4, -0.2) is 22.4 Å². The minimum Gasteiger partial charge on any atom is -0.335 e. The summed E-state index contributed by atoms with van der Waals surface area (Å²) < 4.78 is 1.96. The molecule has 2 N–H and O–H groups in total. The van der Waals surface area contributed by atoms with Crippen molar-refractivity contribution in [2.24, 2.45) is 0 Å². The largest absolute Gasteiger partial charge is 0.335 e. The molecule has 0 fully saturated rings. The van der Waals surface area contributed by atoms with Crippen molar-refractivity contribution in [3.05, 3.63) is 69.1 Å². The molecule has 1 atom stereocenters. The lowest BCUT2D eigenvalue weighted by Gasteiger charge is -2.19. The molecule has 0 bridgehead atoms. The Kier molecular flexibility index (Phi) is 5.40. The molecule has 2 heterocycles. The van der Waals surface area contributed by atoms with Crippen LogP contribution in [0, 0.1) is 13.8 Å². The van der Waals surface area contributed by atoms with Gasteiger partial charge in [-0.2, -0.15) is 5.10 Å². The predicted octanol–water partition coefficient (Wildman–Crippen LogP) is 4.63. The average molecular weight is 375 g/mol. The summed E-state index contributed by atoms with van der Waals surface area (Å²) in [7, 11) is 0. The second-order valence-corrected chi connectivity index (χ2v) is 7.16. The van der Waals surface area contributed by atoms with Crippen molar-refractivity contribution < 1.29 is 4.79 Å². The molecule has 0 aliphatic heterocycles. The van der Waals surface area contributed by atoms with Crippen LogP contribution in [0.25, 0.3) is 0 Å². The van der Waals surface area contributed by atoms with E-state index in [0.29, 0.717) is 17.3 Å². The quantitative estimate of drug-likeness (QED) is 0.684. The summed E-state index contributed by atoms with van der Waals surface area (Å²) in [5.41, 5.74) is 2.72. The van der Waals surface area contributed by atoms with Crippen LogP contribution < -0.4 is 10.6 Å². The molecule has 0 aliphatic rings. The van der Waals surface area contributed by atoms with Crippen molar-refractivity contribution in [3.8, 4) is 0 Å². The Morgan fingerprint density at radius 2 is 2.04 bits per heavy atom. The zero-order chi connectivity index (χ0) is 17.8. The number of thiophene rings is 1. The first-order chi connectivity index (χ1) is 12.0. The Morgan fingerprint density at radius 1 is 1.28 bits per heavy atom. The molecule has 130 valence electrons. The monoisotopic (exact) mass is 374 g/mol. The fourth-order valence-corrected chi connectivity index (χ4v) is 3.59.